The van der Waals surface area contributed by atoms with Gasteiger partial charge >= 0.3 is 5.97 Å². The Kier molecular flexibility index (Phi) is 8.78. The number of aryl methyl sites for hydroxylation is 2. The molecule has 4 nitrogen and oxygen atoms in total. The van der Waals surface area contributed by atoms with Crippen LogP contribution >= 0.6 is 0 Å². The number of alkyl halides is 2. The Balaban J connectivity index is 1.52. The van der Waals surface area contributed by atoms with Crippen LogP contribution in [0.15, 0.2) is 70.3 Å². The molecular weight excluding hydrogens is 544 g/mol. The molecule has 228 valence electrons. The normalized spacial score (nSPS) is 26.4. The first-order valence-corrected chi connectivity index (χ1v) is 15.5. The molecule has 1 unspecified atom stereocenters. The van der Waals surface area contributed by atoms with Gasteiger partial charge in [-0.05, 0) is 132 Å². The van der Waals surface area contributed by atoms with Gasteiger partial charge in [0.2, 0.25) is 0 Å². The van der Waals surface area contributed by atoms with Crippen molar-refractivity contribution in [2.45, 2.75) is 103 Å². The molecule has 0 bridgehead atoms. The van der Waals surface area contributed by atoms with E-state index in [0.717, 1.165) is 65.0 Å². The van der Waals surface area contributed by atoms with Crippen LogP contribution in [0.3, 0.4) is 0 Å². The van der Waals surface area contributed by atoms with E-state index in [9.17, 15) is 14.3 Å². The highest BCUT2D eigenvalue weighted by Gasteiger charge is 2.42. The van der Waals surface area contributed by atoms with Gasteiger partial charge in [0.1, 0.15) is 28.6 Å². The maximum Gasteiger partial charge on any atom is 0.354 e. The average Bonchev–Trinajstić information content (AvgIpc) is 3.12. The van der Waals surface area contributed by atoms with E-state index in [1.54, 1.807) is 12.3 Å². The summed E-state index contributed by atoms with van der Waals surface area (Å²) in [4.78, 5) is 15.8. The van der Waals surface area contributed by atoms with E-state index in [0.29, 0.717) is 12.8 Å². The van der Waals surface area contributed by atoms with Gasteiger partial charge in [-0.2, -0.15) is 0 Å². The van der Waals surface area contributed by atoms with E-state index in [4.69, 9.17) is 4.42 Å². The van der Waals surface area contributed by atoms with Crippen LogP contribution in [0.25, 0.3) is 11.1 Å². The molecule has 0 saturated heterocycles. The molecule has 0 aliphatic heterocycles. The summed E-state index contributed by atoms with van der Waals surface area (Å²) in [5.74, 6) is 0.882. The van der Waals surface area contributed by atoms with Crippen molar-refractivity contribution in [3.8, 4) is 0 Å². The first-order valence-electron chi connectivity index (χ1n) is 15.5. The molecule has 2 aromatic rings. The number of pyridine rings is 1. The standard InChI is InChI=1S/C37H43F2NO3/c1-6-36(38)15-17-37(39,18-16-36)14-13-27-8-9-28-21-30(34-24(3)25(4)43-26(34)5)19-23(2)7-11-31(28)32(20-27)29-10-12-33(35(41)42)40-22-29/h6,10,12,19-22,27H,1,7-9,11,13-18H2,2-5H3,(H,41,42). The van der Waals surface area contributed by atoms with Crippen molar-refractivity contribution >= 4 is 17.1 Å². The lowest BCUT2D eigenvalue weighted by Crippen LogP contribution is -2.36. The second-order valence-electron chi connectivity index (χ2n) is 12.9. The summed E-state index contributed by atoms with van der Waals surface area (Å²) >= 11 is 0. The summed E-state index contributed by atoms with van der Waals surface area (Å²) in [6.07, 6.45) is 15.1. The van der Waals surface area contributed by atoms with Gasteiger partial charge < -0.3 is 9.52 Å². The molecule has 6 heteroatoms. The number of hydrogen-bond donors (Lipinski definition) is 1. The topological polar surface area (TPSA) is 63.3 Å². The molecule has 1 atom stereocenters. The fourth-order valence-electron chi connectivity index (χ4n) is 6.98. The van der Waals surface area contributed by atoms with E-state index >= 15 is 4.39 Å². The third-order valence-corrected chi connectivity index (χ3v) is 9.85. The molecule has 3 aliphatic rings. The Bertz CT molecular complexity index is 1530. The summed E-state index contributed by atoms with van der Waals surface area (Å²) in [7, 11) is 0. The van der Waals surface area contributed by atoms with Gasteiger partial charge in [-0.25, -0.2) is 18.6 Å². The molecule has 0 amide bonds. The Morgan fingerprint density at radius 2 is 1.81 bits per heavy atom. The van der Waals surface area contributed by atoms with Crippen LogP contribution in [-0.2, 0) is 0 Å². The molecule has 1 saturated carbocycles. The predicted molar refractivity (Wildman–Crippen MR) is 168 cm³/mol. The zero-order valence-corrected chi connectivity index (χ0v) is 25.9. The number of halogens is 2. The van der Waals surface area contributed by atoms with Gasteiger partial charge in [0.05, 0.1) is 0 Å². The first kappa shape index (κ1) is 30.9. The number of furan rings is 1. The van der Waals surface area contributed by atoms with Crippen LogP contribution < -0.4 is 0 Å². The van der Waals surface area contributed by atoms with E-state index < -0.39 is 17.3 Å². The third kappa shape index (κ3) is 6.68. The van der Waals surface area contributed by atoms with Crippen LogP contribution in [-0.4, -0.2) is 27.4 Å². The summed E-state index contributed by atoms with van der Waals surface area (Å²) < 4.78 is 36.6. The lowest BCUT2D eigenvalue weighted by Gasteiger charge is -2.37. The number of carboxylic acids is 1. The number of carbonyl (C=O) groups is 1. The number of aromatic carboxylic acids is 1. The van der Waals surface area contributed by atoms with Crippen molar-refractivity contribution in [3.63, 3.8) is 0 Å². The Morgan fingerprint density at radius 1 is 1.07 bits per heavy atom. The lowest BCUT2D eigenvalue weighted by atomic mass is 9.75. The quantitative estimate of drug-likeness (QED) is 0.327. The summed E-state index contributed by atoms with van der Waals surface area (Å²) in [6, 6.07) is 3.39. The number of rotatable bonds is 7. The SMILES string of the molecule is C=CC1(F)CCC(F)(CCC2C=C(c3ccc(C(=O)O)nc3)C3=C(C=C(c4c(C)oc(C)c4C)C=C(C)CC3)CC2)CC1. The van der Waals surface area contributed by atoms with Gasteiger partial charge in [-0.15, -0.1) is 0 Å². The average molecular weight is 588 g/mol. The minimum atomic E-state index is -1.46. The van der Waals surface area contributed by atoms with E-state index in [-0.39, 0.29) is 37.3 Å². The number of aromatic nitrogens is 1. The zero-order chi connectivity index (χ0) is 30.9. The van der Waals surface area contributed by atoms with E-state index in [1.165, 1.54) is 22.8 Å². The summed E-state index contributed by atoms with van der Waals surface area (Å²) in [5.41, 5.74) is 6.25. The Labute approximate surface area is 254 Å². The molecule has 0 spiro atoms. The highest BCUT2D eigenvalue weighted by atomic mass is 19.1. The number of allylic oxidation sites excluding steroid dienone is 9. The van der Waals surface area contributed by atoms with Crippen LogP contribution in [0.4, 0.5) is 8.78 Å². The van der Waals surface area contributed by atoms with E-state index in [2.05, 4.69) is 43.6 Å². The number of hydrogen-bond acceptors (Lipinski definition) is 3. The van der Waals surface area contributed by atoms with Crippen molar-refractivity contribution in [3.05, 3.63) is 99.8 Å². The largest absolute Gasteiger partial charge is 0.477 e. The number of nitrogens with zero attached hydrogens (tertiary/aromatic N) is 1. The molecular formula is C37H43F2NO3. The first-order chi connectivity index (χ1) is 20.4. The van der Waals surface area contributed by atoms with Crippen molar-refractivity contribution in [2.24, 2.45) is 5.92 Å². The lowest BCUT2D eigenvalue weighted by molar-refractivity contribution is 0.0286. The van der Waals surface area contributed by atoms with Crippen molar-refractivity contribution in [1.29, 1.82) is 0 Å². The molecule has 2 aromatic heterocycles. The number of carboxylic acid groups (broad SMARTS) is 1. The zero-order valence-electron chi connectivity index (χ0n) is 25.9. The van der Waals surface area contributed by atoms with E-state index in [1.807, 2.05) is 19.9 Å². The molecule has 1 fully saturated rings. The van der Waals surface area contributed by atoms with Crippen molar-refractivity contribution in [1.82, 2.24) is 4.98 Å². The van der Waals surface area contributed by atoms with Crippen LogP contribution in [0.5, 0.6) is 0 Å². The van der Waals surface area contributed by atoms with Gasteiger partial charge in [-0.3, -0.25) is 0 Å². The second-order valence-corrected chi connectivity index (χ2v) is 12.9. The van der Waals surface area contributed by atoms with Crippen LogP contribution in [0.1, 0.15) is 110 Å². The molecule has 0 aromatic carbocycles. The second kappa shape index (κ2) is 12.2. The van der Waals surface area contributed by atoms with Crippen LogP contribution in [0.2, 0.25) is 0 Å². The fraction of sp³-hybridized carbons (Fsp3) is 0.459. The van der Waals surface area contributed by atoms with Gasteiger partial charge in [0.25, 0.3) is 0 Å². The maximum atomic E-state index is 15.9. The fourth-order valence-corrected chi connectivity index (χ4v) is 6.98. The summed E-state index contributed by atoms with van der Waals surface area (Å²) in [5, 5.41) is 9.44. The monoisotopic (exact) mass is 587 g/mol. The minimum Gasteiger partial charge on any atom is -0.477 e. The van der Waals surface area contributed by atoms with Gasteiger partial charge in [-0.1, -0.05) is 42.5 Å². The molecule has 2 heterocycles. The molecule has 5 rings (SSSR count). The molecule has 3 aliphatic carbocycles. The van der Waals surface area contributed by atoms with Gasteiger partial charge in [0, 0.05) is 17.3 Å². The minimum absolute atomic E-state index is 0.00348. The van der Waals surface area contributed by atoms with Gasteiger partial charge in [0.15, 0.2) is 0 Å². The van der Waals surface area contributed by atoms with Crippen LogP contribution in [0, 0.1) is 26.7 Å². The molecule has 1 N–H and O–H groups in total. The maximum absolute atomic E-state index is 15.9. The van der Waals surface area contributed by atoms with Crippen molar-refractivity contribution < 1.29 is 23.1 Å². The molecule has 0 radical (unpaired) electrons. The highest BCUT2D eigenvalue weighted by Crippen LogP contribution is 2.46. The van der Waals surface area contributed by atoms with Crippen molar-refractivity contribution in [2.75, 3.05) is 0 Å². The summed E-state index contributed by atoms with van der Waals surface area (Å²) in [6.45, 7) is 11.9. The predicted octanol–water partition coefficient (Wildman–Crippen LogP) is 10.2. The third-order valence-electron chi connectivity index (χ3n) is 9.85. The Morgan fingerprint density at radius 3 is 2.42 bits per heavy atom. The Hall–Kier alpha value is -3.54. The molecule has 43 heavy (non-hydrogen) atoms. The smallest absolute Gasteiger partial charge is 0.354 e. The highest BCUT2D eigenvalue weighted by molar-refractivity contribution is 5.88.